The predicted molar refractivity (Wildman–Crippen MR) is 113 cm³/mol. The van der Waals surface area contributed by atoms with Crippen LogP contribution in [0.25, 0.3) is 22.3 Å². The average molecular weight is 401 g/mol. The van der Waals surface area contributed by atoms with Crippen LogP contribution >= 0.6 is 0 Å². The number of amides is 1. The first kappa shape index (κ1) is 19.4. The summed E-state index contributed by atoms with van der Waals surface area (Å²) in [4.78, 5) is 29.6. The minimum absolute atomic E-state index is 0.240. The molecule has 0 aliphatic heterocycles. The molecule has 0 saturated carbocycles. The smallest absolute Gasteiger partial charge is 0.278 e. The van der Waals surface area contributed by atoms with Crippen LogP contribution in [0.15, 0.2) is 77.6 Å². The first-order valence-electron chi connectivity index (χ1n) is 9.28. The predicted octanol–water partition coefficient (Wildman–Crippen LogP) is 3.24. The van der Waals surface area contributed by atoms with Gasteiger partial charge in [0.15, 0.2) is 0 Å². The number of rotatable bonds is 5. The van der Waals surface area contributed by atoms with Crippen LogP contribution in [0.3, 0.4) is 0 Å². The van der Waals surface area contributed by atoms with E-state index in [4.69, 9.17) is 9.94 Å². The molecule has 7 heteroatoms. The Labute approximate surface area is 172 Å². The number of hydroxylamine groups is 1. The van der Waals surface area contributed by atoms with Crippen molar-refractivity contribution in [2.45, 2.75) is 6.54 Å². The summed E-state index contributed by atoms with van der Waals surface area (Å²) in [7, 11) is 1.56. The number of nitrogens with one attached hydrogen (secondary N) is 1. The fraction of sp³-hybridized carbons (Fsp3) is 0.0870. The van der Waals surface area contributed by atoms with Crippen molar-refractivity contribution in [1.82, 2.24) is 15.0 Å². The first-order chi connectivity index (χ1) is 14.6. The molecule has 0 bridgehead atoms. The lowest BCUT2D eigenvalue weighted by Crippen LogP contribution is -2.24. The number of carbonyl (C=O) groups is 1. The van der Waals surface area contributed by atoms with Crippen molar-refractivity contribution in [3.05, 3.63) is 94.3 Å². The number of ether oxygens (including phenoxy) is 1. The van der Waals surface area contributed by atoms with Gasteiger partial charge in [0, 0.05) is 11.1 Å². The maximum absolute atomic E-state index is 13.4. The van der Waals surface area contributed by atoms with Crippen LogP contribution in [0, 0.1) is 0 Å². The topological polar surface area (TPSA) is 93.5 Å². The van der Waals surface area contributed by atoms with Gasteiger partial charge in [-0.2, -0.15) is 0 Å². The van der Waals surface area contributed by atoms with Gasteiger partial charge in [0.2, 0.25) is 0 Å². The molecule has 2 N–H and O–H groups in total. The third-order valence-electron chi connectivity index (χ3n) is 4.87. The van der Waals surface area contributed by atoms with Gasteiger partial charge < -0.3 is 9.30 Å². The summed E-state index contributed by atoms with van der Waals surface area (Å²) in [6.45, 7) is 0.297. The number of hydrogen-bond acceptors (Lipinski definition) is 5. The molecule has 4 rings (SSSR count). The minimum atomic E-state index is -0.591. The number of methoxy groups -OCH3 is 1. The van der Waals surface area contributed by atoms with Gasteiger partial charge >= 0.3 is 0 Å². The second-order valence-electron chi connectivity index (χ2n) is 6.68. The van der Waals surface area contributed by atoms with E-state index < -0.39 is 5.91 Å². The SMILES string of the molecule is COc1ccccc1-c1nc2ccccc2n(Cc2ccc(C(=O)NO)cc2)c1=O. The lowest BCUT2D eigenvalue weighted by molar-refractivity contribution is 0.0706. The van der Waals surface area contributed by atoms with Gasteiger partial charge in [0.05, 0.1) is 24.7 Å². The van der Waals surface area contributed by atoms with Crippen molar-refractivity contribution in [2.75, 3.05) is 7.11 Å². The van der Waals surface area contributed by atoms with Gasteiger partial charge in [-0.05, 0) is 42.0 Å². The summed E-state index contributed by atoms with van der Waals surface area (Å²) < 4.78 is 7.08. The van der Waals surface area contributed by atoms with Crippen molar-refractivity contribution in [1.29, 1.82) is 0 Å². The van der Waals surface area contributed by atoms with Crippen LogP contribution in [0.5, 0.6) is 5.75 Å². The van der Waals surface area contributed by atoms with Crippen molar-refractivity contribution in [3.63, 3.8) is 0 Å². The summed E-state index contributed by atoms with van der Waals surface area (Å²) >= 11 is 0. The summed E-state index contributed by atoms with van der Waals surface area (Å²) in [5.41, 5.74) is 4.84. The van der Waals surface area contributed by atoms with E-state index in [9.17, 15) is 9.59 Å². The van der Waals surface area contributed by atoms with Gasteiger partial charge in [-0.3, -0.25) is 14.8 Å². The van der Waals surface area contributed by atoms with Crippen LogP contribution in [0.2, 0.25) is 0 Å². The molecule has 0 radical (unpaired) electrons. The van der Waals surface area contributed by atoms with Crippen LogP contribution in [-0.4, -0.2) is 27.8 Å². The Bertz CT molecular complexity index is 1280. The molecule has 0 atom stereocenters. The van der Waals surface area contributed by atoms with Crippen LogP contribution in [-0.2, 0) is 6.54 Å². The molecule has 0 unspecified atom stereocenters. The fourth-order valence-corrected chi connectivity index (χ4v) is 3.37. The molecular formula is C23H19N3O4. The maximum atomic E-state index is 13.4. The number of nitrogens with zero attached hydrogens (tertiary/aromatic N) is 2. The molecule has 1 amide bonds. The zero-order valence-corrected chi connectivity index (χ0v) is 16.2. The Morgan fingerprint density at radius 3 is 2.47 bits per heavy atom. The monoisotopic (exact) mass is 401 g/mol. The number of fused-ring (bicyclic) bond motifs is 1. The zero-order valence-electron chi connectivity index (χ0n) is 16.2. The third-order valence-corrected chi connectivity index (χ3v) is 4.87. The minimum Gasteiger partial charge on any atom is -0.496 e. The number of para-hydroxylation sites is 3. The molecule has 1 aromatic heterocycles. The molecule has 7 nitrogen and oxygen atoms in total. The Hall–Kier alpha value is -3.97. The van der Waals surface area contributed by atoms with Crippen LogP contribution < -0.4 is 15.8 Å². The highest BCUT2D eigenvalue weighted by atomic mass is 16.5. The van der Waals surface area contributed by atoms with Crippen molar-refractivity contribution < 1.29 is 14.7 Å². The summed E-state index contributed by atoms with van der Waals surface area (Å²) in [5, 5.41) is 8.77. The van der Waals surface area contributed by atoms with E-state index in [0.29, 0.717) is 40.1 Å². The Morgan fingerprint density at radius 1 is 1.03 bits per heavy atom. The fourth-order valence-electron chi connectivity index (χ4n) is 3.37. The summed E-state index contributed by atoms with van der Waals surface area (Å²) in [6, 6.07) is 21.4. The molecule has 0 aliphatic carbocycles. The van der Waals surface area contributed by atoms with E-state index in [1.54, 1.807) is 47.5 Å². The Kier molecular flexibility index (Phi) is 5.28. The highest BCUT2D eigenvalue weighted by molar-refractivity contribution is 5.93. The molecule has 150 valence electrons. The van der Waals surface area contributed by atoms with E-state index in [1.165, 1.54) is 0 Å². The molecule has 0 fully saturated rings. The average Bonchev–Trinajstić information content (AvgIpc) is 2.80. The van der Waals surface area contributed by atoms with Gasteiger partial charge in [0.25, 0.3) is 11.5 Å². The van der Waals surface area contributed by atoms with Crippen molar-refractivity contribution >= 4 is 16.9 Å². The Balaban J connectivity index is 1.86. The molecule has 0 aliphatic rings. The molecule has 0 saturated heterocycles. The van der Waals surface area contributed by atoms with Crippen molar-refractivity contribution in [2.24, 2.45) is 0 Å². The van der Waals surface area contributed by atoms with Gasteiger partial charge in [0.1, 0.15) is 11.4 Å². The highest BCUT2D eigenvalue weighted by Crippen LogP contribution is 2.27. The lowest BCUT2D eigenvalue weighted by Gasteiger charge is -2.14. The standard InChI is InChI=1S/C23H19N3O4/c1-30-20-9-5-2-6-17(20)21-23(28)26(19-8-4-3-7-18(19)24-21)14-15-10-12-16(13-11-15)22(27)25-29/h2-13,29H,14H2,1H3,(H,25,27). The van der Waals surface area contributed by atoms with Gasteiger partial charge in [-0.25, -0.2) is 10.5 Å². The molecule has 1 heterocycles. The van der Waals surface area contributed by atoms with Crippen molar-refractivity contribution in [3.8, 4) is 17.0 Å². The van der Waals surface area contributed by atoms with E-state index in [-0.39, 0.29) is 5.56 Å². The van der Waals surface area contributed by atoms with Crippen LogP contribution in [0.1, 0.15) is 15.9 Å². The van der Waals surface area contributed by atoms with E-state index >= 15 is 0 Å². The molecular weight excluding hydrogens is 382 g/mol. The summed E-state index contributed by atoms with van der Waals surface area (Å²) in [6.07, 6.45) is 0. The second kappa shape index (κ2) is 8.18. The molecule has 4 aromatic rings. The number of carbonyl (C=O) groups excluding carboxylic acids is 1. The number of hydrogen-bond donors (Lipinski definition) is 2. The highest BCUT2D eigenvalue weighted by Gasteiger charge is 2.16. The molecule has 3 aromatic carbocycles. The van der Waals surface area contributed by atoms with Gasteiger partial charge in [-0.15, -0.1) is 0 Å². The lowest BCUT2D eigenvalue weighted by atomic mass is 10.1. The second-order valence-corrected chi connectivity index (χ2v) is 6.68. The van der Waals surface area contributed by atoms with E-state index in [0.717, 1.165) is 5.56 Å². The van der Waals surface area contributed by atoms with Crippen LogP contribution in [0.4, 0.5) is 0 Å². The quantitative estimate of drug-likeness (QED) is 0.396. The molecule has 0 spiro atoms. The third kappa shape index (κ3) is 3.54. The van der Waals surface area contributed by atoms with Gasteiger partial charge in [-0.1, -0.05) is 36.4 Å². The molecule has 30 heavy (non-hydrogen) atoms. The number of aromatic nitrogens is 2. The van der Waals surface area contributed by atoms with E-state index in [2.05, 4.69) is 4.98 Å². The number of benzene rings is 3. The normalized spacial score (nSPS) is 10.7. The Morgan fingerprint density at radius 2 is 1.73 bits per heavy atom. The van der Waals surface area contributed by atoms with E-state index in [1.807, 2.05) is 42.5 Å². The largest absolute Gasteiger partial charge is 0.496 e. The summed E-state index contributed by atoms with van der Waals surface area (Å²) in [5.74, 6) is -0.0187. The maximum Gasteiger partial charge on any atom is 0.278 e. The first-order valence-corrected chi connectivity index (χ1v) is 9.28. The zero-order chi connectivity index (χ0) is 21.1.